The first-order valence-corrected chi connectivity index (χ1v) is 17.1. The number of primary amides is 1. The third-order valence-corrected chi connectivity index (χ3v) is 8.93. The number of aromatic amines is 1. The second-order valence-corrected chi connectivity index (χ2v) is 12.5. The fraction of sp³-hybridized carbons (Fsp3) is 0.812. The quantitative estimate of drug-likeness (QED) is 0.0896. The van der Waals surface area contributed by atoms with E-state index in [-0.39, 0.29) is 19.6 Å². The molecule has 1 aromatic heterocycles. The molecule has 7 N–H and O–H groups in total. The van der Waals surface area contributed by atoms with Gasteiger partial charge in [0.2, 0.25) is 5.91 Å². The first-order chi connectivity index (χ1) is 22.2. The van der Waals surface area contributed by atoms with E-state index >= 15 is 0 Å². The molecule has 1 amide bonds. The number of nitrogens with one attached hydrogen (secondary N) is 1. The summed E-state index contributed by atoms with van der Waals surface area (Å²) in [6.07, 6.45) is 10.5. The molecule has 0 aromatic carbocycles. The van der Waals surface area contributed by atoms with E-state index in [2.05, 4.69) is 11.9 Å². The van der Waals surface area contributed by atoms with Gasteiger partial charge in [0, 0.05) is 25.2 Å². The summed E-state index contributed by atoms with van der Waals surface area (Å²) in [6.45, 7) is 2.67. The van der Waals surface area contributed by atoms with Crippen LogP contribution in [0.5, 0.6) is 0 Å². The van der Waals surface area contributed by atoms with Crippen LogP contribution in [0.15, 0.2) is 21.9 Å². The van der Waals surface area contributed by atoms with Crippen LogP contribution in [0.25, 0.3) is 0 Å². The number of hydrogen-bond acceptors (Lipinski definition) is 11. The summed E-state index contributed by atoms with van der Waals surface area (Å²) < 4.78 is 12.4. The van der Waals surface area contributed by atoms with Gasteiger partial charge in [-0.2, -0.15) is 5.06 Å². The van der Waals surface area contributed by atoms with E-state index in [4.69, 9.17) is 25.8 Å². The highest BCUT2D eigenvalue weighted by molar-refractivity contribution is 5.78. The van der Waals surface area contributed by atoms with Crippen molar-refractivity contribution >= 4 is 11.9 Å². The average molecular weight is 654 g/mol. The minimum Gasteiger partial charge on any atom is -0.464 e. The highest BCUT2D eigenvalue weighted by atomic mass is 16.7. The number of unbranched alkanes of at least 4 members (excludes halogenated alkanes) is 12. The van der Waals surface area contributed by atoms with Crippen LogP contribution in [-0.2, 0) is 23.9 Å². The molecule has 262 valence electrons. The number of carbonyl (C=O) groups is 2. The Kier molecular flexibility index (Phi) is 16.4. The van der Waals surface area contributed by atoms with Crippen LogP contribution in [0.3, 0.4) is 0 Å². The number of rotatable bonds is 22. The van der Waals surface area contributed by atoms with Crippen LogP contribution in [0.4, 0.5) is 0 Å². The highest BCUT2D eigenvalue weighted by Gasteiger charge is 2.57. The Morgan fingerprint density at radius 3 is 2.09 bits per heavy atom. The van der Waals surface area contributed by atoms with Gasteiger partial charge >= 0.3 is 11.7 Å². The summed E-state index contributed by atoms with van der Waals surface area (Å²) in [7, 11) is 0. The van der Waals surface area contributed by atoms with Gasteiger partial charge in [0.05, 0.1) is 12.0 Å². The maximum atomic E-state index is 12.7. The van der Waals surface area contributed by atoms with Gasteiger partial charge in [-0.05, 0) is 19.4 Å². The van der Waals surface area contributed by atoms with Crippen molar-refractivity contribution in [2.45, 2.75) is 140 Å². The molecular weight excluding hydrogens is 598 g/mol. The van der Waals surface area contributed by atoms with Crippen LogP contribution in [0.1, 0.15) is 109 Å². The summed E-state index contributed by atoms with van der Waals surface area (Å²) in [4.78, 5) is 57.3. The lowest BCUT2D eigenvalue weighted by Crippen LogP contribution is -2.48. The SMILES string of the molecule is CCCCCCCCCCCCCCCC(=O)OC[C@@H]1[C@H](C(N)=O)[C@H]([C@H]2O[C@@H](n3ccc(=O)[nH]c3=O)[C@H](O)[C@@H]2O)ON1CCCN. The third-order valence-electron chi connectivity index (χ3n) is 8.93. The summed E-state index contributed by atoms with van der Waals surface area (Å²) in [5.41, 5.74) is 10.0. The molecule has 14 nitrogen and oxygen atoms in total. The number of aliphatic hydroxyl groups is 2. The second kappa shape index (κ2) is 19.9. The van der Waals surface area contributed by atoms with E-state index in [1.165, 1.54) is 62.9 Å². The van der Waals surface area contributed by atoms with E-state index < -0.39 is 65.7 Å². The van der Waals surface area contributed by atoms with Crippen LogP contribution < -0.4 is 22.7 Å². The number of carbonyl (C=O) groups excluding carboxylic acids is 2. The lowest BCUT2D eigenvalue weighted by molar-refractivity contribution is -0.206. The highest BCUT2D eigenvalue weighted by Crippen LogP contribution is 2.39. The lowest BCUT2D eigenvalue weighted by atomic mass is 9.89. The van der Waals surface area contributed by atoms with Gasteiger partial charge in [0.25, 0.3) is 5.56 Å². The van der Waals surface area contributed by atoms with Gasteiger partial charge in [0.15, 0.2) is 6.23 Å². The summed E-state index contributed by atoms with van der Waals surface area (Å²) >= 11 is 0. The normalized spacial score (nSPS) is 26.5. The van der Waals surface area contributed by atoms with Gasteiger partial charge in [-0.3, -0.25) is 28.8 Å². The molecule has 0 bridgehead atoms. The van der Waals surface area contributed by atoms with Crippen molar-refractivity contribution in [3.8, 4) is 0 Å². The molecule has 2 fully saturated rings. The van der Waals surface area contributed by atoms with Crippen molar-refractivity contribution in [1.29, 1.82) is 0 Å². The van der Waals surface area contributed by atoms with Crippen LogP contribution in [0.2, 0.25) is 0 Å². The maximum absolute atomic E-state index is 12.7. The maximum Gasteiger partial charge on any atom is 0.330 e. The standard InChI is InChI=1S/C32H55N5O9/c1-2-3-4-5-6-7-8-9-10-11-12-13-14-16-24(39)44-21-22-25(30(34)42)28(46-37(22)19-15-18-33)29-26(40)27(41)31(45-29)36-20-17-23(38)35-32(36)43/h17,20,22,25-29,31,40-41H,2-16,18-19,21,33H2,1H3,(H2,34,42)(H,35,38,43)/t22-,25+,26+,27-,28-,29+,31-/m1/s1. The number of H-pyrrole nitrogens is 1. The number of hydrogen-bond donors (Lipinski definition) is 5. The molecule has 46 heavy (non-hydrogen) atoms. The van der Waals surface area contributed by atoms with Crippen molar-refractivity contribution in [2.75, 3.05) is 19.7 Å². The van der Waals surface area contributed by atoms with E-state index in [9.17, 15) is 29.4 Å². The molecule has 3 heterocycles. The van der Waals surface area contributed by atoms with E-state index in [1.54, 1.807) is 0 Å². The Morgan fingerprint density at radius 1 is 0.913 bits per heavy atom. The number of aromatic nitrogens is 2. The predicted octanol–water partition coefficient (Wildman–Crippen LogP) is 1.62. The molecule has 0 saturated carbocycles. The zero-order chi connectivity index (χ0) is 33.5. The molecule has 2 aliphatic rings. The van der Waals surface area contributed by atoms with Gasteiger partial charge in [-0.25, -0.2) is 4.79 Å². The number of nitrogens with two attached hydrogens (primary N) is 2. The van der Waals surface area contributed by atoms with Crippen molar-refractivity contribution in [2.24, 2.45) is 17.4 Å². The fourth-order valence-corrected chi connectivity index (χ4v) is 6.32. The summed E-state index contributed by atoms with van der Waals surface area (Å²) in [6, 6.07) is 0.291. The molecule has 1 aromatic rings. The Morgan fingerprint density at radius 2 is 1.52 bits per heavy atom. The smallest absolute Gasteiger partial charge is 0.330 e. The predicted molar refractivity (Wildman–Crippen MR) is 170 cm³/mol. The fourth-order valence-electron chi connectivity index (χ4n) is 6.32. The number of amides is 1. The first kappa shape index (κ1) is 37.8. The third kappa shape index (κ3) is 11.0. The average Bonchev–Trinajstić information content (AvgIpc) is 3.53. The first-order valence-electron chi connectivity index (χ1n) is 17.1. The molecule has 2 aliphatic heterocycles. The van der Waals surface area contributed by atoms with Crippen LogP contribution in [-0.4, -0.2) is 86.9 Å². The molecule has 3 rings (SSSR count). The zero-order valence-corrected chi connectivity index (χ0v) is 27.2. The van der Waals surface area contributed by atoms with Gasteiger partial charge in [0.1, 0.15) is 31.0 Å². The number of aliphatic hydroxyl groups excluding tert-OH is 2. The van der Waals surface area contributed by atoms with Crippen molar-refractivity contribution in [3.63, 3.8) is 0 Å². The van der Waals surface area contributed by atoms with Gasteiger partial charge < -0.3 is 31.2 Å². The Labute approximate surface area is 270 Å². The Balaban J connectivity index is 1.48. The lowest BCUT2D eigenvalue weighted by Gasteiger charge is -2.24. The van der Waals surface area contributed by atoms with Crippen molar-refractivity contribution < 1.29 is 34.1 Å². The van der Waals surface area contributed by atoms with Crippen LogP contribution in [0, 0.1) is 5.92 Å². The van der Waals surface area contributed by atoms with Crippen molar-refractivity contribution in [3.05, 3.63) is 33.1 Å². The minimum atomic E-state index is -1.58. The zero-order valence-electron chi connectivity index (χ0n) is 27.2. The number of ether oxygens (including phenoxy) is 2. The molecule has 0 unspecified atom stereocenters. The number of nitrogens with zero attached hydrogens (tertiary/aromatic N) is 2. The van der Waals surface area contributed by atoms with Crippen molar-refractivity contribution in [1.82, 2.24) is 14.6 Å². The van der Waals surface area contributed by atoms with E-state index in [0.29, 0.717) is 19.4 Å². The largest absolute Gasteiger partial charge is 0.464 e. The molecule has 7 atom stereocenters. The monoisotopic (exact) mass is 653 g/mol. The van der Waals surface area contributed by atoms with Gasteiger partial charge in [-0.1, -0.05) is 84.0 Å². The van der Waals surface area contributed by atoms with E-state index in [0.717, 1.165) is 36.1 Å². The second-order valence-electron chi connectivity index (χ2n) is 12.5. The Bertz CT molecular complexity index is 1180. The Hall–Kier alpha value is -2.62. The summed E-state index contributed by atoms with van der Waals surface area (Å²) in [5.74, 6) is -2.24. The number of hydroxylamine groups is 2. The number of esters is 1. The van der Waals surface area contributed by atoms with Crippen LogP contribution >= 0.6 is 0 Å². The van der Waals surface area contributed by atoms with E-state index in [1.807, 2.05) is 0 Å². The topological polar surface area (TPSA) is 212 Å². The molecule has 14 heteroatoms. The van der Waals surface area contributed by atoms with Gasteiger partial charge in [-0.15, -0.1) is 0 Å². The molecular formula is C32H55N5O9. The molecule has 0 radical (unpaired) electrons. The summed E-state index contributed by atoms with van der Waals surface area (Å²) in [5, 5.41) is 23.1. The molecule has 0 aliphatic carbocycles. The minimum absolute atomic E-state index is 0.180. The molecule has 2 saturated heterocycles. The molecule has 0 spiro atoms.